The van der Waals surface area contributed by atoms with Crippen LogP contribution in [0.2, 0.25) is 0 Å². The molecule has 2 aromatic carbocycles. The van der Waals surface area contributed by atoms with Gasteiger partial charge in [-0.1, -0.05) is 12.1 Å². The van der Waals surface area contributed by atoms with Gasteiger partial charge in [-0.2, -0.15) is 5.10 Å². The first-order chi connectivity index (χ1) is 12.0. The standard InChI is InChI=1S/C19H21N5O/c1-13(25)20-15-6-8-16(9-7-15)21-19-12-18(22-23-19)14-4-10-17(11-5-14)24(2)3/h4-12H,1-3H3,(H,20,25)(H2,21,22,23). The number of carbonyl (C=O) groups is 1. The van der Waals surface area contributed by atoms with Crippen molar-refractivity contribution in [1.29, 1.82) is 0 Å². The van der Waals surface area contributed by atoms with E-state index in [2.05, 4.69) is 50.0 Å². The van der Waals surface area contributed by atoms with Crippen LogP contribution in [-0.4, -0.2) is 30.2 Å². The Balaban J connectivity index is 1.70. The lowest BCUT2D eigenvalue weighted by Crippen LogP contribution is -2.07. The first-order valence-electron chi connectivity index (χ1n) is 7.99. The zero-order valence-corrected chi connectivity index (χ0v) is 14.5. The number of carbonyl (C=O) groups excluding carboxylic acids is 1. The molecule has 1 heterocycles. The third-order valence-electron chi connectivity index (χ3n) is 3.75. The number of amides is 1. The number of nitrogens with one attached hydrogen (secondary N) is 3. The maximum atomic E-state index is 11.0. The summed E-state index contributed by atoms with van der Waals surface area (Å²) < 4.78 is 0. The molecule has 6 nitrogen and oxygen atoms in total. The number of anilines is 4. The monoisotopic (exact) mass is 335 g/mol. The minimum absolute atomic E-state index is 0.0852. The predicted molar refractivity (Wildman–Crippen MR) is 102 cm³/mol. The SMILES string of the molecule is CC(=O)Nc1ccc(Nc2cc(-c3ccc(N(C)C)cc3)[nH]n2)cc1. The van der Waals surface area contributed by atoms with Crippen molar-refractivity contribution in [3.8, 4) is 11.3 Å². The van der Waals surface area contributed by atoms with Crippen LogP contribution < -0.4 is 15.5 Å². The van der Waals surface area contributed by atoms with Gasteiger partial charge in [0, 0.05) is 44.1 Å². The first kappa shape index (κ1) is 16.6. The van der Waals surface area contributed by atoms with E-state index >= 15 is 0 Å². The molecule has 0 atom stereocenters. The van der Waals surface area contributed by atoms with E-state index < -0.39 is 0 Å². The van der Waals surface area contributed by atoms with Crippen LogP contribution >= 0.6 is 0 Å². The summed E-state index contributed by atoms with van der Waals surface area (Å²) in [5.74, 6) is 0.650. The maximum absolute atomic E-state index is 11.0. The van der Waals surface area contributed by atoms with Gasteiger partial charge < -0.3 is 15.5 Å². The lowest BCUT2D eigenvalue weighted by atomic mass is 10.1. The Morgan fingerprint density at radius 2 is 1.64 bits per heavy atom. The third kappa shape index (κ3) is 4.17. The molecule has 0 aliphatic heterocycles. The third-order valence-corrected chi connectivity index (χ3v) is 3.75. The summed E-state index contributed by atoms with van der Waals surface area (Å²) in [7, 11) is 4.04. The maximum Gasteiger partial charge on any atom is 0.221 e. The van der Waals surface area contributed by atoms with Crippen LogP contribution in [0.3, 0.4) is 0 Å². The van der Waals surface area contributed by atoms with Crippen molar-refractivity contribution >= 4 is 28.8 Å². The zero-order valence-electron chi connectivity index (χ0n) is 14.5. The van der Waals surface area contributed by atoms with Gasteiger partial charge in [0.05, 0.1) is 5.69 Å². The Hall–Kier alpha value is -3.28. The van der Waals surface area contributed by atoms with Crippen LogP contribution in [0.15, 0.2) is 54.6 Å². The highest BCUT2D eigenvalue weighted by Crippen LogP contribution is 2.24. The van der Waals surface area contributed by atoms with Crippen molar-refractivity contribution in [2.24, 2.45) is 0 Å². The van der Waals surface area contributed by atoms with E-state index in [0.29, 0.717) is 0 Å². The summed E-state index contributed by atoms with van der Waals surface area (Å²) in [6.45, 7) is 1.49. The highest BCUT2D eigenvalue weighted by atomic mass is 16.1. The Kier molecular flexibility index (Phi) is 4.70. The number of rotatable bonds is 5. The van der Waals surface area contributed by atoms with E-state index in [1.54, 1.807) is 0 Å². The van der Waals surface area contributed by atoms with Gasteiger partial charge in [0.2, 0.25) is 5.91 Å². The van der Waals surface area contributed by atoms with Crippen LogP contribution in [0, 0.1) is 0 Å². The highest BCUT2D eigenvalue weighted by molar-refractivity contribution is 5.88. The normalized spacial score (nSPS) is 10.4. The molecule has 25 heavy (non-hydrogen) atoms. The zero-order chi connectivity index (χ0) is 17.8. The molecular formula is C19H21N5O. The lowest BCUT2D eigenvalue weighted by Gasteiger charge is -2.12. The fourth-order valence-corrected chi connectivity index (χ4v) is 2.46. The fourth-order valence-electron chi connectivity index (χ4n) is 2.46. The largest absolute Gasteiger partial charge is 0.378 e. The van der Waals surface area contributed by atoms with Gasteiger partial charge in [-0.15, -0.1) is 0 Å². The number of H-pyrrole nitrogens is 1. The van der Waals surface area contributed by atoms with Crippen molar-refractivity contribution in [1.82, 2.24) is 10.2 Å². The topological polar surface area (TPSA) is 73.1 Å². The molecule has 1 amide bonds. The second kappa shape index (κ2) is 7.09. The smallest absolute Gasteiger partial charge is 0.221 e. The molecule has 6 heteroatoms. The summed E-state index contributed by atoms with van der Waals surface area (Å²) in [6.07, 6.45) is 0. The Bertz CT molecular complexity index is 850. The van der Waals surface area contributed by atoms with Crippen molar-refractivity contribution in [2.75, 3.05) is 29.6 Å². The van der Waals surface area contributed by atoms with Crippen LogP contribution in [-0.2, 0) is 4.79 Å². The summed E-state index contributed by atoms with van der Waals surface area (Å²) in [4.78, 5) is 13.1. The number of hydrogen-bond donors (Lipinski definition) is 3. The molecule has 0 aliphatic carbocycles. The summed E-state index contributed by atoms with van der Waals surface area (Å²) in [5.41, 5.74) is 4.84. The minimum atomic E-state index is -0.0852. The predicted octanol–water partition coefficient (Wildman–Crippen LogP) is 3.84. The van der Waals surface area contributed by atoms with Crippen LogP contribution in [0.1, 0.15) is 6.92 Å². The average Bonchev–Trinajstić information content (AvgIpc) is 3.05. The minimum Gasteiger partial charge on any atom is -0.378 e. The fraction of sp³-hybridized carbons (Fsp3) is 0.158. The second-order valence-electron chi connectivity index (χ2n) is 5.99. The van der Waals surface area contributed by atoms with E-state index in [-0.39, 0.29) is 5.91 Å². The van der Waals surface area contributed by atoms with E-state index in [1.165, 1.54) is 6.92 Å². The molecule has 0 spiro atoms. The van der Waals surface area contributed by atoms with Gasteiger partial charge in [-0.25, -0.2) is 0 Å². The van der Waals surface area contributed by atoms with Gasteiger partial charge in [0.1, 0.15) is 0 Å². The van der Waals surface area contributed by atoms with Crippen LogP contribution in [0.4, 0.5) is 22.9 Å². The van der Waals surface area contributed by atoms with Gasteiger partial charge in [0.15, 0.2) is 5.82 Å². The van der Waals surface area contributed by atoms with E-state index in [9.17, 15) is 4.79 Å². The Labute approximate surface area is 146 Å². The molecule has 0 unspecified atom stereocenters. The van der Waals surface area contributed by atoms with Crippen LogP contribution in [0.25, 0.3) is 11.3 Å². The molecule has 1 aromatic heterocycles. The van der Waals surface area contributed by atoms with Crippen molar-refractivity contribution in [3.05, 3.63) is 54.6 Å². The number of hydrogen-bond acceptors (Lipinski definition) is 4. The van der Waals surface area contributed by atoms with Gasteiger partial charge in [-0.3, -0.25) is 9.89 Å². The number of aromatic nitrogens is 2. The Morgan fingerprint density at radius 1 is 1.00 bits per heavy atom. The molecule has 0 fully saturated rings. The number of benzene rings is 2. The average molecular weight is 335 g/mol. The molecule has 0 saturated carbocycles. The summed E-state index contributed by atoms with van der Waals surface area (Å²) in [5, 5.41) is 13.3. The quantitative estimate of drug-likeness (QED) is 0.662. The van der Waals surface area contributed by atoms with E-state index in [1.807, 2.05) is 44.4 Å². The molecule has 3 aromatic rings. The second-order valence-corrected chi connectivity index (χ2v) is 5.99. The molecular weight excluding hydrogens is 314 g/mol. The van der Waals surface area contributed by atoms with Gasteiger partial charge in [-0.05, 0) is 42.0 Å². The molecule has 3 N–H and O–H groups in total. The summed E-state index contributed by atoms with van der Waals surface area (Å²) >= 11 is 0. The van der Waals surface area contributed by atoms with Crippen molar-refractivity contribution < 1.29 is 4.79 Å². The molecule has 128 valence electrons. The van der Waals surface area contributed by atoms with Gasteiger partial charge >= 0.3 is 0 Å². The highest BCUT2D eigenvalue weighted by Gasteiger charge is 2.05. The first-order valence-corrected chi connectivity index (χ1v) is 7.99. The summed E-state index contributed by atoms with van der Waals surface area (Å²) in [6, 6.07) is 17.7. The molecule has 0 saturated heterocycles. The number of nitrogens with zero attached hydrogens (tertiary/aromatic N) is 2. The molecule has 3 rings (SSSR count). The number of aromatic amines is 1. The van der Waals surface area contributed by atoms with Crippen LogP contribution in [0.5, 0.6) is 0 Å². The van der Waals surface area contributed by atoms with Gasteiger partial charge in [0.25, 0.3) is 0 Å². The molecule has 0 bridgehead atoms. The van der Waals surface area contributed by atoms with E-state index in [4.69, 9.17) is 0 Å². The van der Waals surface area contributed by atoms with Crippen molar-refractivity contribution in [3.63, 3.8) is 0 Å². The van der Waals surface area contributed by atoms with Crippen molar-refractivity contribution in [2.45, 2.75) is 6.92 Å². The molecule has 0 aliphatic rings. The van der Waals surface area contributed by atoms with E-state index in [0.717, 1.165) is 34.1 Å². The lowest BCUT2D eigenvalue weighted by molar-refractivity contribution is -0.114. The Morgan fingerprint density at radius 3 is 2.24 bits per heavy atom. The molecule has 0 radical (unpaired) electrons.